The normalized spacial score (nSPS) is 14.8. The minimum Gasteiger partial charge on any atom is -0.493 e. The van der Waals surface area contributed by atoms with E-state index in [9.17, 15) is 0 Å². The van der Waals surface area contributed by atoms with Crippen LogP contribution in [0.15, 0.2) is 40.9 Å². The second-order valence-electron chi connectivity index (χ2n) is 5.38. The van der Waals surface area contributed by atoms with Crippen molar-refractivity contribution in [3.05, 3.63) is 63.1 Å². The van der Waals surface area contributed by atoms with Gasteiger partial charge in [-0.25, -0.2) is 0 Å². The zero-order valence-corrected chi connectivity index (χ0v) is 13.1. The number of hydrogen-bond donors (Lipinski definition) is 1. The van der Waals surface area contributed by atoms with E-state index in [1.807, 2.05) is 0 Å². The second kappa shape index (κ2) is 5.58. The van der Waals surface area contributed by atoms with Crippen LogP contribution in [0, 0.1) is 6.92 Å². The predicted molar refractivity (Wildman–Crippen MR) is 85.2 cm³/mol. The third kappa shape index (κ3) is 2.74. The molecule has 2 aromatic carbocycles. The molecule has 2 N–H and O–H groups in total. The third-order valence-electron chi connectivity index (χ3n) is 3.74. The van der Waals surface area contributed by atoms with Crippen molar-refractivity contribution in [3.63, 3.8) is 0 Å². The van der Waals surface area contributed by atoms with Gasteiger partial charge in [0.15, 0.2) is 0 Å². The fourth-order valence-corrected chi connectivity index (χ4v) is 3.31. The van der Waals surface area contributed by atoms with E-state index in [1.54, 1.807) is 0 Å². The molecular weight excluding hydrogens is 314 g/mol. The Balaban J connectivity index is 1.88. The fraction of sp³-hybridized carbons (Fsp3) is 0.294. The largest absolute Gasteiger partial charge is 0.493 e. The average molecular weight is 332 g/mol. The van der Waals surface area contributed by atoms with Crippen LogP contribution in [0.3, 0.4) is 0 Å². The lowest BCUT2D eigenvalue weighted by atomic mass is 9.96. The number of aryl methyl sites for hydroxylation is 1. The first-order chi connectivity index (χ1) is 9.63. The van der Waals surface area contributed by atoms with Gasteiger partial charge in [0.25, 0.3) is 0 Å². The summed E-state index contributed by atoms with van der Waals surface area (Å²) in [7, 11) is 0. The summed E-state index contributed by atoms with van der Waals surface area (Å²) in [6.45, 7) is 2.87. The number of fused-ring (bicyclic) bond motifs is 1. The Hall–Kier alpha value is -1.32. The maximum atomic E-state index is 6.37. The van der Waals surface area contributed by atoms with Gasteiger partial charge in [-0.05, 0) is 42.2 Å². The predicted octanol–water partition coefficient (Wildman–Crippen LogP) is 3.93. The minimum atomic E-state index is -0.00231. The van der Waals surface area contributed by atoms with Gasteiger partial charge in [-0.1, -0.05) is 45.8 Å². The van der Waals surface area contributed by atoms with E-state index in [0.717, 1.165) is 29.7 Å². The Labute approximate surface area is 128 Å². The smallest absolute Gasteiger partial charge is 0.125 e. The zero-order valence-electron chi connectivity index (χ0n) is 11.5. The van der Waals surface area contributed by atoms with Crippen LogP contribution < -0.4 is 10.5 Å². The highest BCUT2D eigenvalue weighted by Gasteiger charge is 2.19. The van der Waals surface area contributed by atoms with Gasteiger partial charge in [0.2, 0.25) is 0 Å². The Morgan fingerprint density at radius 3 is 2.95 bits per heavy atom. The summed E-state index contributed by atoms with van der Waals surface area (Å²) >= 11 is 3.58. The molecule has 1 aliphatic heterocycles. The lowest BCUT2D eigenvalue weighted by Crippen LogP contribution is -2.14. The van der Waals surface area contributed by atoms with Gasteiger partial charge >= 0.3 is 0 Å². The summed E-state index contributed by atoms with van der Waals surface area (Å²) in [5.74, 6) is 1.04. The molecule has 1 atom stereocenters. The number of rotatable bonds is 3. The molecule has 0 aliphatic carbocycles. The van der Waals surface area contributed by atoms with Gasteiger partial charge < -0.3 is 10.5 Å². The van der Waals surface area contributed by atoms with E-state index in [4.69, 9.17) is 10.5 Å². The van der Waals surface area contributed by atoms with Crippen LogP contribution in [-0.2, 0) is 12.8 Å². The van der Waals surface area contributed by atoms with E-state index in [0.29, 0.717) is 0 Å². The molecule has 1 heterocycles. The molecule has 0 radical (unpaired) electrons. The Morgan fingerprint density at radius 2 is 2.15 bits per heavy atom. The van der Waals surface area contributed by atoms with Crippen LogP contribution in [0.1, 0.15) is 28.3 Å². The first-order valence-corrected chi connectivity index (χ1v) is 7.69. The molecule has 3 heteroatoms. The molecule has 0 saturated heterocycles. The van der Waals surface area contributed by atoms with E-state index in [-0.39, 0.29) is 6.04 Å². The molecule has 20 heavy (non-hydrogen) atoms. The summed E-state index contributed by atoms with van der Waals surface area (Å²) in [4.78, 5) is 0. The fourth-order valence-electron chi connectivity index (χ4n) is 2.75. The summed E-state index contributed by atoms with van der Waals surface area (Å²) < 4.78 is 6.87. The molecule has 0 aromatic heterocycles. The van der Waals surface area contributed by atoms with Gasteiger partial charge in [0.1, 0.15) is 5.75 Å². The maximum absolute atomic E-state index is 6.37. The summed E-state index contributed by atoms with van der Waals surface area (Å²) in [6.07, 6.45) is 1.78. The number of ether oxygens (including phenoxy) is 1. The average Bonchev–Trinajstić information content (AvgIpc) is 2.86. The van der Waals surface area contributed by atoms with Crippen LogP contribution in [0.2, 0.25) is 0 Å². The van der Waals surface area contributed by atoms with Crippen molar-refractivity contribution in [2.75, 3.05) is 6.61 Å². The molecule has 0 spiro atoms. The number of benzene rings is 2. The molecule has 1 aliphatic rings. The van der Waals surface area contributed by atoms with Crippen LogP contribution in [0.5, 0.6) is 5.75 Å². The topological polar surface area (TPSA) is 35.2 Å². The Bertz CT molecular complexity index is 639. The van der Waals surface area contributed by atoms with E-state index in [2.05, 4.69) is 59.3 Å². The first kappa shape index (κ1) is 13.7. The van der Waals surface area contributed by atoms with Crippen LogP contribution in [0.25, 0.3) is 0 Å². The molecule has 2 aromatic rings. The zero-order chi connectivity index (χ0) is 14.1. The molecule has 0 amide bonds. The highest BCUT2D eigenvalue weighted by atomic mass is 79.9. The Morgan fingerprint density at radius 1 is 1.30 bits per heavy atom. The van der Waals surface area contributed by atoms with Crippen LogP contribution >= 0.6 is 15.9 Å². The molecule has 1 unspecified atom stereocenters. The molecule has 104 valence electrons. The van der Waals surface area contributed by atoms with Gasteiger partial charge in [-0.2, -0.15) is 0 Å². The maximum Gasteiger partial charge on any atom is 0.125 e. The summed E-state index contributed by atoms with van der Waals surface area (Å²) in [5.41, 5.74) is 11.3. The van der Waals surface area contributed by atoms with Crippen molar-refractivity contribution in [3.8, 4) is 5.75 Å². The molecule has 0 saturated carbocycles. The molecule has 0 fully saturated rings. The van der Waals surface area contributed by atoms with Crippen molar-refractivity contribution in [1.82, 2.24) is 0 Å². The Kier molecular flexibility index (Phi) is 3.81. The molecular formula is C17H18BrNO. The molecule has 3 rings (SSSR count). The number of nitrogens with two attached hydrogens (primary N) is 1. The highest BCUT2D eigenvalue weighted by Crippen LogP contribution is 2.35. The SMILES string of the molecule is Cc1cccc(C(N)Cc2cc(Br)cc3c2OCC3)c1. The minimum absolute atomic E-state index is 0.00231. The second-order valence-corrected chi connectivity index (χ2v) is 6.29. The lowest BCUT2D eigenvalue weighted by Gasteiger charge is -2.15. The summed E-state index contributed by atoms with van der Waals surface area (Å²) in [6, 6.07) is 12.7. The van der Waals surface area contributed by atoms with Gasteiger partial charge in [-0.3, -0.25) is 0 Å². The van der Waals surface area contributed by atoms with Crippen LogP contribution in [-0.4, -0.2) is 6.61 Å². The number of halogens is 1. The van der Waals surface area contributed by atoms with Gasteiger partial charge in [0, 0.05) is 16.9 Å². The van der Waals surface area contributed by atoms with Gasteiger partial charge in [-0.15, -0.1) is 0 Å². The van der Waals surface area contributed by atoms with Crippen molar-refractivity contribution < 1.29 is 4.74 Å². The standard InChI is InChI=1S/C17H18BrNO/c1-11-3-2-4-12(7-11)16(19)10-14-9-15(18)8-13-5-6-20-17(13)14/h2-4,7-9,16H,5-6,10,19H2,1H3. The number of hydrogen-bond acceptors (Lipinski definition) is 2. The van der Waals surface area contributed by atoms with Crippen molar-refractivity contribution >= 4 is 15.9 Å². The quantitative estimate of drug-likeness (QED) is 0.924. The molecule has 2 nitrogen and oxygen atoms in total. The van der Waals surface area contributed by atoms with Crippen molar-refractivity contribution in [1.29, 1.82) is 0 Å². The van der Waals surface area contributed by atoms with Gasteiger partial charge in [0.05, 0.1) is 6.61 Å². The van der Waals surface area contributed by atoms with E-state index >= 15 is 0 Å². The first-order valence-electron chi connectivity index (χ1n) is 6.90. The lowest BCUT2D eigenvalue weighted by molar-refractivity contribution is 0.352. The molecule has 0 bridgehead atoms. The highest BCUT2D eigenvalue weighted by molar-refractivity contribution is 9.10. The third-order valence-corrected chi connectivity index (χ3v) is 4.19. The van der Waals surface area contributed by atoms with E-state index in [1.165, 1.54) is 22.3 Å². The summed E-state index contributed by atoms with van der Waals surface area (Å²) in [5, 5.41) is 0. The van der Waals surface area contributed by atoms with Crippen molar-refractivity contribution in [2.45, 2.75) is 25.8 Å². The van der Waals surface area contributed by atoms with Crippen LogP contribution in [0.4, 0.5) is 0 Å². The van der Waals surface area contributed by atoms with Crippen molar-refractivity contribution in [2.24, 2.45) is 5.73 Å². The monoisotopic (exact) mass is 331 g/mol. The van der Waals surface area contributed by atoms with E-state index < -0.39 is 0 Å².